The zero-order valence-electron chi connectivity index (χ0n) is 10.4. The molecule has 0 radical (unpaired) electrons. The van der Waals surface area contributed by atoms with Gasteiger partial charge in [0.25, 0.3) is 0 Å². The molecular weight excluding hydrogens is 253 g/mol. The molecule has 2 N–H and O–H groups in total. The minimum Gasteiger partial charge on any atom is -0.340 e. The molecule has 2 heterocycles. The molecule has 1 aliphatic heterocycles. The summed E-state index contributed by atoms with van der Waals surface area (Å²) in [5.41, 5.74) is 7.13. The van der Waals surface area contributed by atoms with Gasteiger partial charge in [0.1, 0.15) is 0 Å². The first-order valence-electron chi connectivity index (χ1n) is 6.42. The smallest absolute Gasteiger partial charge is 0.340 e. The van der Waals surface area contributed by atoms with E-state index in [9.17, 15) is 13.2 Å². The van der Waals surface area contributed by atoms with Crippen LogP contribution < -0.4 is 5.73 Å². The minimum atomic E-state index is -4.29. The molecule has 1 aliphatic rings. The van der Waals surface area contributed by atoms with Gasteiger partial charge in [-0.25, -0.2) is 0 Å². The molecule has 3 rings (SSSR count). The average molecular weight is 268 g/mol. The number of halogens is 3. The summed E-state index contributed by atoms with van der Waals surface area (Å²) in [6, 6.07) is 6.02. The standard InChI is InChI=1S/C14H15F3N2/c15-14(16,17)10-4-5-13-9(6-10)7-11-2-1-3-12(8-18)19(11)13/h4-7,12H,1-3,8,18H2. The number of benzene rings is 1. The highest BCUT2D eigenvalue weighted by Crippen LogP contribution is 2.35. The Hall–Kier alpha value is -1.49. The van der Waals surface area contributed by atoms with Crippen molar-refractivity contribution in [3.63, 3.8) is 0 Å². The zero-order chi connectivity index (χ0) is 13.6. The SMILES string of the molecule is NCC1CCCc2cc3cc(C(F)(F)F)ccc3n21. The number of rotatable bonds is 1. The molecule has 0 spiro atoms. The number of aryl methyl sites for hydroxylation is 1. The number of alkyl halides is 3. The molecule has 102 valence electrons. The fourth-order valence-corrected chi connectivity index (χ4v) is 2.96. The van der Waals surface area contributed by atoms with E-state index in [-0.39, 0.29) is 6.04 Å². The molecule has 2 aromatic rings. The van der Waals surface area contributed by atoms with Gasteiger partial charge in [-0.05, 0) is 43.5 Å². The summed E-state index contributed by atoms with van der Waals surface area (Å²) in [6.07, 6.45) is -1.34. The number of hydrogen-bond acceptors (Lipinski definition) is 1. The molecule has 1 aromatic carbocycles. The van der Waals surface area contributed by atoms with Gasteiger partial charge in [0.15, 0.2) is 0 Å². The van der Waals surface area contributed by atoms with Gasteiger partial charge in [0, 0.05) is 29.2 Å². The van der Waals surface area contributed by atoms with Crippen molar-refractivity contribution in [1.29, 1.82) is 0 Å². The van der Waals surface area contributed by atoms with Crippen LogP contribution in [0.25, 0.3) is 10.9 Å². The molecular formula is C14H15F3N2. The lowest BCUT2D eigenvalue weighted by Crippen LogP contribution is -2.24. The van der Waals surface area contributed by atoms with Crippen LogP contribution in [0.15, 0.2) is 24.3 Å². The highest BCUT2D eigenvalue weighted by Gasteiger charge is 2.31. The first-order chi connectivity index (χ1) is 9.00. The van der Waals surface area contributed by atoms with Crippen LogP contribution in [0.2, 0.25) is 0 Å². The monoisotopic (exact) mass is 268 g/mol. The molecule has 1 unspecified atom stereocenters. The third-order valence-electron chi connectivity index (χ3n) is 3.85. The van der Waals surface area contributed by atoms with Crippen LogP contribution in [-0.4, -0.2) is 11.1 Å². The van der Waals surface area contributed by atoms with E-state index < -0.39 is 11.7 Å². The Morgan fingerprint density at radius 1 is 1.26 bits per heavy atom. The zero-order valence-corrected chi connectivity index (χ0v) is 10.4. The van der Waals surface area contributed by atoms with Gasteiger partial charge in [-0.3, -0.25) is 0 Å². The Morgan fingerprint density at radius 3 is 2.74 bits per heavy atom. The van der Waals surface area contributed by atoms with E-state index in [1.54, 1.807) is 6.07 Å². The number of aromatic nitrogens is 1. The highest BCUT2D eigenvalue weighted by molar-refractivity contribution is 5.82. The molecule has 5 heteroatoms. The average Bonchev–Trinajstić information content (AvgIpc) is 2.74. The van der Waals surface area contributed by atoms with Crippen molar-refractivity contribution in [2.45, 2.75) is 31.5 Å². The van der Waals surface area contributed by atoms with Gasteiger partial charge in [0.2, 0.25) is 0 Å². The molecule has 0 saturated carbocycles. The van der Waals surface area contributed by atoms with Crippen molar-refractivity contribution < 1.29 is 13.2 Å². The van der Waals surface area contributed by atoms with Crippen LogP contribution in [0.3, 0.4) is 0 Å². The minimum absolute atomic E-state index is 0.206. The van der Waals surface area contributed by atoms with Crippen molar-refractivity contribution in [3.05, 3.63) is 35.5 Å². The first-order valence-corrected chi connectivity index (χ1v) is 6.42. The van der Waals surface area contributed by atoms with Crippen LogP contribution in [0.5, 0.6) is 0 Å². The molecule has 19 heavy (non-hydrogen) atoms. The quantitative estimate of drug-likeness (QED) is 0.843. The maximum atomic E-state index is 12.7. The predicted molar refractivity (Wildman–Crippen MR) is 68.0 cm³/mol. The molecule has 1 aromatic heterocycles. The topological polar surface area (TPSA) is 30.9 Å². The third kappa shape index (κ3) is 2.02. The normalized spacial score (nSPS) is 19.7. The van der Waals surface area contributed by atoms with Gasteiger partial charge in [0.05, 0.1) is 5.56 Å². The molecule has 0 aliphatic carbocycles. The van der Waals surface area contributed by atoms with Crippen LogP contribution in [0, 0.1) is 0 Å². The second-order valence-corrected chi connectivity index (χ2v) is 5.06. The van der Waals surface area contributed by atoms with Crippen LogP contribution in [0.1, 0.15) is 30.1 Å². The third-order valence-corrected chi connectivity index (χ3v) is 3.85. The number of nitrogens with two attached hydrogens (primary N) is 1. The molecule has 0 bridgehead atoms. The number of hydrogen-bond donors (Lipinski definition) is 1. The second kappa shape index (κ2) is 4.27. The fourth-order valence-electron chi connectivity index (χ4n) is 2.96. The lowest BCUT2D eigenvalue weighted by molar-refractivity contribution is -0.137. The van der Waals surface area contributed by atoms with Crippen molar-refractivity contribution in [2.75, 3.05) is 6.54 Å². The van der Waals surface area contributed by atoms with Gasteiger partial charge >= 0.3 is 6.18 Å². The summed E-state index contributed by atoms with van der Waals surface area (Å²) in [4.78, 5) is 0. The van der Waals surface area contributed by atoms with Gasteiger partial charge in [-0.15, -0.1) is 0 Å². The van der Waals surface area contributed by atoms with E-state index in [4.69, 9.17) is 5.73 Å². The lowest BCUT2D eigenvalue weighted by Gasteiger charge is -2.26. The van der Waals surface area contributed by atoms with Crippen molar-refractivity contribution in [3.8, 4) is 0 Å². The molecule has 1 atom stereocenters. The summed E-state index contributed by atoms with van der Waals surface area (Å²) in [7, 11) is 0. The maximum absolute atomic E-state index is 12.7. The van der Waals surface area contributed by atoms with Crippen molar-refractivity contribution in [1.82, 2.24) is 4.57 Å². The Bertz CT molecular complexity index is 613. The van der Waals surface area contributed by atoms with Crippen LogP contribution >= 0.6 is 0 Å². The van der Waals surface area contributed by atoms with Crippen LogP contribution in [0.4, 0.5) is 13.2 Å². The Labute approximate surface area is 109 Å². The van der Waals surface area contributed by atoms with Crippen molar-refractivity contribution >= 4 is 10.9 Å². The molecule has 0 saturated heterocycles. The van der Waals surface area contributed by atoms with E-state index in [0.717, 1.165) is 36.5 Å². The van der Waals surface area contributed by atoms with Gasteiger partial charge in [-0.2, -0.15) is 13.2 Å². The summed E-state index contributed by atoms with van der Waals surface area (Å²) in [5.74, 6) is 0. The van der Waals surface area contributed by atoms with E-state index in [1.807, 2.05) is 6.07 Å². The van der Waals surface area contributed by atoms with Gasteiger partial charge < -0.3 is 10.3 Å². The number of nitrogens with zero attached hydrogens (tertiary/aromatic N) is 1. The van der Waals surface area contributed by atoms with E-state index >= 15 is 0 Å². The largest absolute Gasteiger partial charge is 0.416 e. The predicted octanol–water partition coefficient (Wildman–Crippen LogP) is 3.50. The second-order valence-electron chi connectivity index (χ2n) is 5.06. The molecule has 0 fully saturated rings. The summed E-state index contributed by atoms with van der Waals surface area (Å²) >= 11 is 0. The van der Waals surface area contributed by atoms with Gasteiger partial charge in [-0.1, -0.05) is 0 Å². The number of fused-ring (bicyclic) bond motifs is 3. The highest BCUT2D eigenvalue weighted by atomic mass is 19.4. The Kier molecular flexibility index (Phi) is 2.82. The summed E-state index contributed by atoms with van der Waals surface area (Å²) in [5, 5.41) is 0.658. The maximum Gasteiger partial charge on any atom is 0.416 e. The Morgan fingerprint density at radius 2 is 2.05 bits per heavy atom. The van der Waals surface area contributed by atoms with E-state index in [2.05, 4.69) is 4.57 Å². The Balaban J connectivity index is 2.18. The fraction of sp³-hybridized carbons (Fsp3) is 0.429. The molecule has 0 amide bonds. The summed E-state index contributed by atoms with van der Waals surface area (Å²) in [6.45, 7) is 0.526. The lowest BCUT2D eigenvalue weighted by atomic mass is 10.0. The van der Waals surface area contributed by atoms with Crippen molar-refractivity contribution in [2.24, 2.45) is 5.73 Å². The van der Waals surface area contributed by atoms with E-state index in [1.165, 1.54) is 6.07 Å². The van der Waals surface area contributed by atoms with E-state index in [0.29, 0.717) is 11.9 Å². The summed E-state index contributed by atoms with van der Waals surface area (Å²) < 4.78 is 40.3. The van der Waals surface area contributed by atoms with Crippen LogP contribution in [-0.2, 0) is 12.6 Å². The first kappa shape index (κ1) is 12.5. The molecule has 2 nitrogen and oxygen atoms in total.